The summed E-state index contributed by atoms with van der Waals surface area (Å²) < 4.78 is 12.7. The Hall–Kier alpha value is -5.60. The van der Waals surface area contributed by atoms with Gasteiger partial charge in [0.25, 0.3) is 14.2 Å². The second kappa shape index (κ2) is 23.7. The first kappa shape index (κ1) is 51.4. The van der Waals surface area contributed by atoms with E-state index in [0.717, 1.165) is 35.2 Å². The number of nitrogens with zero attached hydrogens (tertiary/aromatic N) is 1. The Morgan fingerprint density at radius 3 is 2.14 bits per heavy atom. The second-order valence-electron chi connectivity index (χ2n) is 18.8. The van der Waals surface area contributed by atoms with Crippen LogP contribution in [0.5, 0.6) is 5.75 Å². The van der Waals surface area contributed by atoms with Gasteiger partial charge in [0, 0.05) is 25.9 Å². The third kappa shape index (κ3) is 13.1. The van der Waals surface area contributed by atoms with Gasteiger partial charge >= 0.3 is 0 Å². The fourth-order valence-electron chi connectivity index (χ4n) is 8.75. The number of allylic oxidation sites excluding steroid dienone is 2. The summed E-state index contributed by atoms with van der Waals surface area (Å²) >= 11 is 0. The first-order chi connectivity index (χ1) is 31.5. The number of benzene rings is 3. The first-order valence-corrected chi connectivity index (χ1v) is 25.6. The molecule has 2 heterocycles. The van der Waals surface area contributed by atoms with Crippen molar-refractivity contribution in [3.8, 4) is 5.75 Å². The number of amides is 5. The van der Waals surface area contributed by atoms with Crippen molar-refractivity contribution in [3.05, 3.63) is 103 Å². The number of carbonyl (C=O) groups is 6. The van der Waals surface area contributed by atoms with E-state index >= 15 is 0 Å². The molecule has 0 spiro atoms. The molecule has 2 saturated heterocycles. The van der Waals surface area contributed by atoms with Crippen LogP contribution < -0.4 is 36.4 Å². The van der Waals surface area contributed by atoms with Crippen LogP contribution in [0.15, 0.2) is 97.1 Å². The zero-order valence-electron chi connectivity index (χ0n) is 40.0. The van der Waals surface area contributed by atoms with Gasteiger partial charge in [-0.2, -0.15) is 0 Å². The molecule has 356 valence electrons. The number of rotatable bonds is 20. The van der Waals surface area contributed by atoms with Gasteiger partial charge in [-0.15, -0.1) is 0 Å². The molecule has 13 nitrogen and oxygen atoms in total. The maximum atomic E-state index is 14.3. The Kier molecular flexibility index (Phi) is 18.5. The van der Waals surface area contributed by atoms with Gasteiger partial charge in [-0.3, -0.25) is 28.8 Å². The van der Waals surface area contributed by atoms with E-state index in [9.17, 15) is 28.8 Å². The van der Waals surface area contributed by atoms with Crippen molar-refractivity contribution in [2.24, 2.45) is 0 Å². The predicted molar refractivity (Wildman–Crippen MR) is 260 cm³/mol. The van der Waals surface area contributed by atoms with Crippen LogP contribution in [-0.4, -0.2) is 98.0 Å². The maximum absolute atomic E-state index is 14.3. The summed E-state index contributed by atoms with van der Waals surface area (Å²) in [6.45, 7) is 14.6. The molecule has 2 aliphatic rings. The third-order valence-electron chi connectivity index (χ3n) is 12.8. The molecule has 0 bridgehead atoms. The number of ketones is 1. The normalized spacial score (nSPS) is 21.2. The van der Waals surface area contributed by atoms with Crippen molar-refractivity contribution in [3.63, 3.8) is 0 Å². The quantitative estimate of drug-likeness (QED) is 0.0660. The molecule has 4 N–H and O–H groups in total. The Morgan fingerprint density at radius 1 is 0.879 bits per heavy atom. The number of hydrogen-bond donors (Lipinski definition) is 4. The van der Waals surface area contributed by atoms with E-state index in [-0.39, 0.29) is 54.9 Å². The summed E-state index contributed by atoms with van der Waals surface area (Å²) in [5, 5.41) is 13.5. The van der Waals surface area contributed by atoms with Crippen LogP contribution in [0, 0.1) is 0 Å². The van der Waals surface area contributed by atoms with E-state index in [2.05, 4.69) is 73.2 Å². The molecule has 5 amide bonds. The van der Waals surface area contributed by atoms with E-state index in [1.807, 2.05) is 49.4 Å². The summed E-state index contributed by atoms with van der Waals surface area (Å²) in [4.78, 5) is 83.8. The highest BCUT2D eigenvalue weighted by Gasteiger charge is 2.51. The predicted octanol–water partition coefficient (Wildman–Crippen LogP) is 5.43. The fourth-order valence-corrected chi connectivity index (χ4v) is 13.4. The van der Waals surface area contributed by atoms with Gasteiger partial charge in [0.2, 0.25) is 23.6 Å². The molecule has 14 heteroatoms. The average molecular weight is 922 g/mol. The molecule has 0 unspecified atom stereocenters. The topological polar surface area (TPSA) is 172 Å². The lowest BCUT2D eigenvalue weighted by atomic mass is 9.94. The molecule has 0 saturated carbocycles. The van der Waals surface area contributed by atoms with Gasteiger partial charge in [-0.25, -0.2) is 0 Å². The molecule has 0 aliphatic carbocycles. The van der Waals surface area contributed by atoms with E-state index in [1.54, 1.807) is 44.2 Å². The standard InChI is InChI=1S/C52H71N5O8Si/c1-8-10-20-33-53-46(59)36-64-39-31-29-38(30-32-39)35-43-49(62)57-34-21-27-44(57)48(61)54-42(47(60)56-52(7,9-2)50(63)55-43)26-18-13-19-28-45(58)37(3)65-66(51(4,5)6,40-22-14-11-15-23-40)41-24-16-12-17-25-41/h11-17,19,22-25,29-32,37,42-44H,8-10,18,20-21,26-28,33-36H2,1-7H3,(H,53,59)(H,54,61)(H,55,63)(H,56,60)/t37-,42-,43-,44+,52-/m0/s1. The number of fused-ring (bicyclic) bond motifs is 1. The Labute approximate surface area is 392 Å². The Morgan fingerprint density at radius 2 is 1.53 bits per heavy atom. The molecule has 0 radical (unpaired) electrons. The molecule has 2 aliphatic heterocycles. The number of unbranched alkanes of at least 4 members (excludes halogenated alkanes) is 2. The summed E-state index contributed by atoms with van der Waals surface area (Å²) in [7, 11) is -2.95. The number of nitrogens with one attached hydrogen (secondary N) is 4. The van der Waals surface area contributed by atoms with Crippen molar-refractivity contribution >= 4 is 54.0 Å². The van der Waals surface area contributed by atoms with E-state index in [0.29, 0.717) is 38.1 Å². The number of hydrogen-bond acceptors (Lipinski definition) is 8. The second-order valence-corrected chi connectivity index (χ2v) is 23.0. The van der Waals surface area contributed by atoms with Crippen molar-refractivity contribution in [1.82, 2.24) is 26.2 Å². The number of Topliss-reactive ketones (excluding diaryl/α,β-unsaturated/α-hetero) is 1. The lowest BCUT2D eigenvalue weighted by molar-refractivity contribution is -0.144. The Bertz CT molecular complexity index is 2110. The van der Waals surface area contributed by atoms with Gasteiger partial charge < -0.3 is 35.3 Å². The molecule has 5 rings (SSSR count). The smallest absolute Gasteiger partial charge is 0.262 e. The highest BCUT2D eigenvalue weighted by atomic mass is 28.4. The van der Waals surface area contributed by atoms with Crippen LogP contribution in [-0.2, 0) is 39.6 Å². The third-order valence-corrected chi connectivity index (χ3v) is 18.0. The molecule has 3 aromatic carbocycles. The minimum atomic E-state index is -2.95. The van der Waals surface area contributed by atoms with Crippen molar-refractivity contribution in [2.75, 3.05) is 19.7 Å². The van der Waals surface area contributed by atoms with Gasteiger partial charge in [-0.05, 0) is 85.5 Å². The zero-order valence-corrected chi connectivity index (χ0v) is 41.0. The van der Waals surface area contributed by atoms with Gasteiger partial charge in [0.15, 0.2) is 12.4 Å². The van der Waals surface area contributed by atoms with E-state index < -0.39 is 55.8 Å². The zero-order chi connectivity index (χ0) is 47.9. The van der Waals surface area contributed by atoms with Crippen molar-refractivity contribution in [1.29, 1.82) is 0 Å². The highest BCUT2D eigenvalue weighted by Crippen LogP contribution is 2.37. The fraction of sp³-hybridized carbons (Fsp3) is 0.500. The van der Waals surface area contributed by atoms with Gasteiger partial charge in [0.05, 0.1) is 0 Å². The molecular formula is C52H71N5O8Si. The van der Waals surface area contributed by atoms with Gasteiger partial charge in [-0.1, -0.05) is 132 Å². The minimum Gasteiger partial charge on any atom is -0.484 e. The van der Waals surface area contributed by atoms with Crippen molar-refractivity contribution < 1.29 is 37.9 Å². The van der Waals surface area contributed by atoms with Crippen molar-refractivity contribution in [2.45, 2.75) is 147 Å². The molecule has 2 fully saturated rings. The molecule has 5 atom stereocenters. The van der Waals surface area contributed by atoms with Crippen LogP contribution in [0.4, 0.5) is 0 Å². The first-order valence-electron chi connectivity index (χ1n) is 23.7. The van der Waals surface area contributed by atoms with E-state index in [1.165, 1.54) is 4.90 Å². The largest absolute Gasteiger partial charge is 0.484 e. The minimum absolute atomic E-state index is 0.0781. The molecule has 66 heavy (non-hydrogen) atoms. The summed E-state index contributed by atoms with van der Waals surface area (Å²) in [5.74, 6) is -1.65. The maximum Gasteiger partial charge on any atom is 0.262 e. The summed E-state index contributed by atoms with van der Waals surface area (Å²) in [6, 6.07) is 24.5. The van der Waals surface area contributed by atoms with Crippen LogP contribution in [0.2, 0.25) is 5.04 Å². The number of ether oxygens (including phenoxy) is 1. The lowest BCUT2D eigenvalue weighted by Crippen LogP contribution is -2.68. The van der Waals surface area contributed by atoms with Crippen LogP contribution in [0.3, 0.4) is 0 Å². The monoisotopic (exact) mass is 922 g/mol. The average Bonchev–Trinajstić information content (AvgIpc) is 3.81. The highest BCUT2D eigenvalue weighted by molar-refractivity contribution is 6.99. The summed E-state index contributed by atoms with van der Waals surface area (Å²) in [5.41, 5.74) is -0.670. The lowest BCUT2D eigenvalue weighted by Gasteiger charge is -2.44. The van der Waals surface area contributed by atoms with Crippen LogP contribution in [0.1, 0.15) is 112 Å². The summed E-state index contributed by atoms with van der Waals surface area (Å²) in [6.07, 6.45) is 7.94. The van der Waals surface area contributed by atoms with Gasteiger partial charge in [0.1, 0.15) is 35.5 Å². The molecule has 0 aromatic heterocycles. The molecular weight excluding hydrogens is 851 g/mol. The van der Waals surface area contributed by atoms with E-state index in [4.69, 9.17) is 9.16 Å². The number of carbonyl (C=O) groups excluding carboxylic acids is 6. The van der Waals surface area contributed by atoms with Crippen LogP contribution in [0.25, 0.3) is 0 Å². The molecule has 3 aromatic rings. The SMILES string of the molecule is CCCCCNC(=O)COc1ccc(C[C@@H]2NC(=O)[C@](C)(CC)NC(=O)[C@H](CCC=CCC(=O)[C@H](C)O[Si](c3ccccc3)(c3ccccc3)C(C)(C)C)NC(=O)[C@H]3CCCN3C2=O)cc1. The Balaban J connectivity index is 1.24. The van der Waals surface area contributed by atoms with Crippen LogP contribution >= 0.6 is 0 Å².